The molecule has 0 aliphatic heterocycles. The monoisotopic (exact) mass is 278 g/mol. The van der Waals surface area contributed by atoms with Crippen molar-refractivity contribution in [2.45, 2.75) is 57.9 Å². The number of nitrogens with two attached hydrogens (primary N) is 1. The number of rotatable bonds is 2. The number of amides is 1. The van der Waals surface area contributed by atoms with E-state index in [0.717, 1.165) is 42.2 Å². The van der Waals surface area contributed by atoms with Crippen LogP contribution >= 0.6 is 11.3 Å². The van der Waals surface area contributed by atoms with E-state index in [-0.39, 0.29) is 5.91 Å². The fourth-order valence-corrected chi connectivity index (χ4v) is 4.63. The van der Waals surface area contributed by atoms with Crippen LogP contribution in [0.2, 0.25) is 0 Å². The van der Waals surface area contributed by atoms with Gasteiger partial charge in [-0.05, 0) is 43.6 Å². The zero-order valence-electron chi connectivity index (χ0n) is 11.5. The maximum atomic E-state index is 12.5. The molecule has 19 heavy (non-hydrogen) atoms. The van der Waals surface area contributed by atoms with Gasteiger partial charge in [-0.15, -0.1) is 11.3 Å². The molecule has 0 radical (unpaired) electrons. The van der Waals surface area contributed by atoms with Crippen LogP contribution in [0.25, 0.3) is 0 Å². The Kier molecular flexibility index (Phi) is 3.52. The Morgan fingerprint density at radius 1 is 1.32 bits per heavy atom. The van der Waals surface area contributed by atoms with Crippen LogP contribution in [0.5, 0.6) is 0 Å². The highest BCUT2D eigenvalue weighted by Crippen LogP contribution is 2.38. The molecule has 2 aliphatic carbocycles. The summed E-state index contributed by atoms with van der Waals surface area (Å²) >= 11 is 1.62. The Labute approximate surface area is 118 Å². The van der Waals surface area contributed by atoms with Gasteiger partial charge in [0.15, 0.2) is 0 Å². The maximum absolute atomic E-state index is 12.5. The molecule has 3 N–H and O–H groups in total. The average molecular weight is 278 g/mol. The summed E-state index contributed by atoms with van der Waals surface area (Å²) < 4.78 is 0. The first-order valence-corrected chi connectivity index (χ1v) is 8.17. The Hall–Kier alpha value is -1.03. The van der Waals surface area contributed by atoms with Crippen molar-refractivity contribution in [3.05, 3.63) is 16.0 Å². The average Bonchev–Trinajstić information content (AvgIpc) is 2.95. The quantitative estimate of drug-likeness (QED) is 0.873. The minimum absolute atomic E-state index is 0.0662. The summed E-state index contributed by atoms with van der Waals surface area (Å²) in [5.41, 5.74) is 8.12. The van der Waals surface area contributed by atoms with Crippen LogP contribution in [-0.4, -0.2) is 11.9 Å². The minimum Gasteiger partial charge on any atom is -0.390 e. The van der Waals surface area contributed by atoms with Gasteiger partial charge in [-0.1, -0.05) is 19.8 Å². The SMILES string of the molecule is C[C@@H]1CCc2c(sc(N)c2C(=O)NC2CCCC2)C1. The Morgan fingerprint density at radius 3 is 2.79 bits per heavy atom. The van der Waals surface area contributed by atoms with Gasteiger partial charge in [0.2, 0.25) is 0 Å². The third kappa shape index (κ3) is 2.50. The highest BCUT2D eigenvalue weighted by atomic mass is 32.1. The fourth-order valence-electron chi connectivity index (χ4n) is 3.35. The molecule has 0 unspecified atom stereocenters. The molecule has 3 rings (SSSR count). The van der Waals surface area contributed by atoms with Gasteiger partial charge in [0.25, 0.3) is 5.91 Å². The van der Waals surface area contributed by atoms with Crippen molar-refractivity contribution in [1.29, 1.82) is 0 Å². The fraction of sp³-hybridized carbons (Fsp3) is 0.667. The summed E-state index contributed by atoms with van der Waals surface area (Å²) in [6, 6.07) is 0.366. The third-order valence-corrected chi connectivity index (χ3v) is 5.54. The molecule has 0 spiro atoms. The minimum atomic E-state index is 0.0662. The molecule has 2 aliphatic rings. The Morgan fingerprint density at radius 2 is 2.05 bits per heavy atom. The third-order valence-electron chi connectivity index (χ3n) is 4.46. The van der Waals surface area contributed by atoms with E-state index in [0.29, 0.717) is 6.04 Å². The molecule has 1 aromatic rings. The molecule has 0 bridgehead atoms. The first-order chi connectivity index (χ1) is 9.15. The summed E-state index contributed by atoms with van der Waals surface area (Å²) in [4.78, 5) is 13.8. The van der Waals surface area contributed by atoms with E-state index in [2.05, 4.69) is 12.2 Å². The number of nitrogens with one attached hydrogen (secondary N) is 1. The van der Waals surface area contributed by atoms with E-state index in [1.807, 2.05) is 0 Å². The van der Waals surface area contributed by atoms with Crippen LogP contribution in [0.1, 0.15) is 59.8 Å². The molecule has 0 saturated heterocycles. The molecule has 1 heterocycles. The van der Waals surface area contributed by atoms with Crippen LogP contribution in [0.15, 0.2) is 0 Å². The normalized spacial score (nSPS) is 23.3. The molecule has 1 fully saturated rings. The molecule has 4 heteroatoms. The first kappa shape index (κ1) is 13.0. The van der Waals surface area contributed by atoms with Crippen molar-refractivity contribution >= 4 is 22.2 Å². The number of thiophene rings is 1. The van der Waals surface area contributed by atoms with Gasteiger partial charge in [0.1, 0.15) is 0 Å². The highest BCUT2D eigenvalue weighted by molar-refractivity contribution is 7.16. The van der Waals surface area contributed by atoms with Crippen LogP contribution in [0.4, 0.5) is 5.00 Å². The lowest BCUT2D eigenvalue weighted by molar-refractivity contribution is 0.0938. The van der Waals surface area contributed by atoms with E-state index in [1.165, 1.54) is 29.7 Å². The molecule has 1 atom stereocenters. The molecule has 0 aromatic carbocycles. The predicted octanol–water partition coefficient (Wildman–Crippen LogP) is 3.13. The van der Waals surface area contributed by atoms with Crippen molar-refractivity contribution in [3.8, 4) is 0 Å². The number of anilines is 1. The smallest absolute Gasteiger partial charge is 0.254 e. The van der Waals surface area contributed by atoms with E-state index < -0.39 is 0 Å². The molecule has 3 nitrogen and oxygen atoms in total. The van der Waals surface area contributed by atoms with Crippen LogP contribution in [-0.2, 0) is 12.8 Å². The number of carbonyl (C=O) groups excluding carboxylic acids is 1. The lowest BCUT2D eigenvalue weighted by atomic mass is 9.88. The lowest BCUT2D eigenvalue weighted by Crippen LogP contribution is -2.33. The van der Waals surface area contributed by atoms with Crippen LogP contribution in [0, 0.1) is 5.92 Å². The zero-order chi connectivity index (χ0) is 13.4. The Bertz CT molecular complexity index is 489. The summed E-state index contributed by atoms with van der Waals surface area (Å²) in [7, 11) is 0. The second-order valence-electron chi connectivity index (χ2n) is 6.05. The number of fused-ring (bicyclic) bond motifs is 1. The van der Waals surface area contributed by atoms with Gasteiger partial charge in [-0.3, -0.25) is 4.79 Å². The van der Waals surface area contributed by atoms with Gasteiger partial charge in [-0.2, -0.15) is 0 Å². The van der Waals surface area contributed by atoms with Gasteiger partial charge < -0.3 is 11.1 Å². The maximum Gasteiger partial charge on any atom is 0.254 e. The van der Waals surface area contributed by atoms with Crippen molar-refractivity contribution in [1.82, 2.24) is 5.32 Å². The van der Waals surface area contributed by atoms with Crippen molar-refractivity contribution < 1.29 is 4.79 Å². The van der Waals surface area contributed by atoms with Crippen molar-refractivity contribution in [2.75, 3.05) is 5.73 Å². The highest BCUT2D eigenvalue weighted by Gasteiger charge is 2.28. The van der Waals surface area contributed by atoms with Crippen molar-refractivity contribution in [3.63, 3.8) is 0 Å². The second-order valence-corrected chi connectivity index (χ2v) is 7.18. The molecule has 1 saturated carbocycles. The van der Waals surface area contributed by atoms with E-state index in [1.54, 1.807) is 11.3 Å². The number of hydrogen-bond donors (Lipinski definition) is 2. The Balaban J connectivity index is 1.81. The molecule has 1 amide bonds. The van der Waals surface area contributed by atoms with Gasteiger partial charge in [-0.25, -0.2) is 0 Å². The number of carbonyl (C=O) groups is 1. The molecular weight excluding hydrogens is 256 g/mol. The van der Waals surface area contributed by atoms with Gasteiger partial charge in [0.05, 0.1) is 10.6 Å². The standard InChI is InChI=1S/C15H22N2OS/c1-9-6-7-11-12(8-9)19-14(16)13(11)15(18)17-10-4-2-3-5-10/h9-10H,2-8,16H2,1H3,(H,17,18)/t9-/m1/s1. The summed E-state index contributed by atoms with van der Waals surface area (Å²) in [6.07, 6.45) is 7.98. The second kappa shape index (κ2) is 5.16. The first-order valence-electron chi connectivity index (χ1n) is 7.36. The molecular formula is C15H22N2OS. The zero-order valence-corrected chi connectivity index (χ0v) is 12.3. The van der Waals surface area contributed by atoms with E-state index in [4.69, 9.17) is 5.73 Å². The van der Waals surface area contributed by atoms with E-state index in [9.17, 15) is 4.79 Å². The van der Waals surface area contributed by atoms with Crippen molar-refractivity contribution in [2.24, 2.45) is 5.92 Å². The summed E-state index contributed by atoms with van der Waals surface area (Å²) in [6.45, 7) is 2.27. The lowest BCUT2D eigenvalue weighted by Gasteiger charge is -2.19. The summed E-state index contributed by atoms with van der Waals surface area (Å²) in [5.74, 6) is 0.785. The summed E-state index contributed by atoms with van der Waals surface area (Å²) in [5, 5.41) is 3.89. The predicted molar refractivity (Wildman–Crippen MR) is 79.6 cm³/mol. The largest absolute Gasteiger partial charge is 0.390 e. The van der Waals surface area contributed by atoms with Crippen LogP contribution in [0.3, 0.4) is 0 Å². The van der Waals surface area contributed by atoms with Crippen LogP contribution < -0.4 is 11.1 Å². The number of nitrogen functional groups attached to an aromatic ring is 1. The van der Waals surface area contributed by atoms with E-state index >= 15 is 0 Å². The van der Waals surface area contributed by atoms with Gasteiger partial charge in [0, 0.05) is 10.9 Å². The topological polar surface area (TPSA) is 55.1 Å². The number of hydrogen-bond acceptors (Lipinski definition) is 3. The molecule has 104 valence electrons. The molecule has 1 aromatic heterocycles. The van der Waals surface area contributed by atoms with Gasteiger partial charge >= 0.3 is 0 Å².